The molecule has 88 valence electrons. The normalized spacial score (nSPS) is 19.0. The predicted molar refractivity (Wildman–Crippen MR) is 69.8 cm³/mol. The van der Waals surface area contributed by atoms with Gasteiger partial charge in [-0.1, -0.05) is 46.4 Å². The largest absolute Gasteiger partial charge is 0.207 e. The van der Waals surface area contributed by atoms with Crippen molar-refractivity contribution in [3.8, 4) is 0 Å². The fraction of sp³-hybridized carbons (Fsp3) is 0.538. The third-order valence-electron chi connectivity index (χ3n) is 3.39. The van der Waals surface area contributed by atoms with Gasteiger partial charge in [0.1, 0.15) is 5.82 Å². The fourth-order valence-corrected chi connectivity index (χ4v) is 3.70. The van der Waals surface area contributed by atoms with Crippen LogP contribution >= 0.6 is 27.5 Å². The van der Waals surface area contributed by atoms with Gasteiger partial charge in [0.15, 0.2) is 0 Å². The van der Waals surface area contributed by atoms with Crippen LogP contribution in [0.2, 0.25) is 5.02 Å². The molecule has 1 aromatic rings. The first kappa shape index (κ1) is 12.4. The number of benzene rings is 1. The van der Waals surface area contributed by atoms with E-state index >= 15 is 0 Å². The molecule has 1 saturated carbocycles. The van der Waals surface area contributed by atoms with E-state index in [4.69, 9.17) is 11.6 Å². The van der Waals surface area contributed by atoms with Gasteiger partial charge in [0.05, 0.1) is 0 Å². The third kappa shape index (κ3) is 2.43. The number of aryl methyl sites for hydroxylation is 1. The lowest BCUT2D eigenvalue weighted by Crippen LogP contribution is -2.04. The molecule has 0 saturated heterocycles. The van der Waals surface area contributed by atoms with Crippen LogP contribution in [0.3, 0.4) is 0 Å². The molecule has 2 rings (SSSR count). The lowest BCUT2D eigenvalue weighted by molar-refractivity contribution is 0.540. The molecule has 0 radical (unpaired) electrons. The Morgan fingerprint density at radius 3 is 2.62 bits per heavy atom. The summed E-state index contributed by atoms with van der Waals surface area (Å²) in [5.74, 6) is 0.419. The van der Waals surface area contributed by atoms with Crippen molar-refractivity contribution in [2.24, 2.45) is 5.92 Å². The average Bonchev–Trinajstić information content (AvgIpc) is 2.75. The molecule has 0 aliphatic heterocycles. The monoisotopic (exact) mass is 304 g/mol. The Kier molecular flexibility index (Phi) is 3.91. The van der Waals surface area contributed by atoms with E-state index in [1.54, 1.807) is 6.92 Å². The Balaban J connectivity index is 2.28. The van der Waals surface area contributed by atoms with Gasteiger partial charge in [-0.25, -0.2) is 4.39 Å². The molecule has 0 spiro atoms. The predicted octanol–water partition coefficient (Wildman–Crippen LogP) is 5.41. The first-order chi connectivity index (χ1) is 7.59. The summed E-state index contributed by atoms with van der Waals surface area (Å²) in [5.41, 5.74) is 1.70. The van der Waals surface area contributed by atoms with Gasteiger partial charge in [-0.3, -0.25) is 0 Å². The van der Waals surface area contributed by atoms with Crippen molar-refractivity contribution in [1.29, 1.82) is 0 Å². The summed E-state index contributed by atoms with van der Waals surface area (Å²) in [6.45, 7) is 1.78. The Morgan fingerprint density at radius 2 is 2.00 bits per heavy atom. The first-order valence-electron chi connectivity index (χ1n) is 5.69. The van der Waals surface area contributed by atoms with Crippen LogP contribution in [-0.2, 0) is 0 Å². The highest BCUT2D eigenvalue weighted by molar-refractivity contribution is 9.09. The molecule has 0 N–H and O–H groups in total. The van der Waals surface area contributed by atoms with Gasteiger partial charge in [-0.05, 0) is 42.9 Å². The van der Waals surface area contributed by atoms with Crippen molar-refractivity contribution in [3.05, 3.63) is 34.1 Å². The minimum Gasteiger partial charge on any atom is -0.207 e. The maximum atomic E-state index is 13.3. The molecule has 3 heteroatoms. The van der Waals surface area contributed by atoms with Crippen LogP contribution in [0.1, 0.15) is 41.6 Å². The Hall–Kier alpha value is -0.0800. The first-order valence-corrected chi connectivity index (χ1v) is 6.98. The molecular weight excluding hydrogens is 290 g/mol. The van der Waals surface area contributed by atoms with Gasteiger partial charge >= 0.3 is 0 Å². The summed E-state index contributed by atoms with van der Waals surface area (Å²) in [4.78, 5) is 0.266. The lowest BCUT2D eigenvalue weighted by atomic mass is 9.96. The van der Waals surface area contributed by atoms with Crippen LogP contribution in [0.25, 0.3) is 0 Å². The van der Waals surface area contributed by atoms with Gasteiger partial charge in [0.25, 0.3) is 0 Å². The van der Waals surface area contributed by atoms with E-state index in [1.165, 1.54) is 31.7 Å². The second kappa shape index (κ2) is 5.05. The molecule has 1 unspecified atom stereocenters. The van der Waals surface area contributed by atoms with E-state index in [0.717, 1.165) is 5.56 Å². The van der Waals surface area contributed by atoms with Crippen LogP contribution in [0.15, 0.2) is 12.1 Å². The maximum Gasteiger partial charge on any atom is 0.127 e. The average molecular weight is 306 g/mol. The third-order valence-corrected chi connectivity index (χ3v) is 4.96. The molecule has 1 atom stereocenters. The molecule has 1 fully saturated rings. The molecule has 16 heavy (non-hydrogen) atoms. The van der Waals surface area contributed by atoms with E-state index in [1.807, 2.05) is 6.07 Å². The van der Waals surface area contributed by atoms with Crippen LogP contribution in [0.4, 0.5) is 4.39 Å². The molecule has 0 nitrogen and oxygen atoms in total. The zero-order chi connectivity index (χ0) is 11.7. The van der Waals surface area contributed by atoms with E-state index in [0.29, 0.717) is 16.5 Å². The van der Waals surface area contributed by atoms with Crippen LogP contribution in [-0.4, -0.2) is 0 Å². The van der Waals surface area contributed by atoms with E-state index in [2.05, 4.69) is 15.9 Å². The summed E-state index contributed by atoms with van der Waals surface area (Å²) >= 11 is 9.82. The summed E-state index contributed by atoms with van der Waals surface area (Å²) in [7, 11) is 0. The molecule has 0 heterocycles. The van der Waals surface area contributed by atoms with Gasteiger partial charge in [0.2, 0.25) is 0 Å². The standard InChI is InChI=1S/C13H15BrClF/c1-8-6-10(11(15)7-12(8)16)13(14)9-4-2-3-5-9/h6-7,9,13H,2-5H2,1H3. The minimum absolute atomic E-state index is 0.222. The molecule has 0 amide bonds. The second-order valence-electron chi connectivity index (χ2n) is 4.57. The summed E-state index contributed by atoms with van der Waals surface area (Å²) in [6, 6.07) is 3.30. The topological polar surface area (TPSA) is 0 Å². The van der Waals surface area contributed by atoms with E-state index in [9.17, 15) is 4.39 Å². The van der Waals surface area contributed by atoms with Gasteiger partial charge in [-0.2, -0.15) is 0 Å². The maximum absolute atomic E-state index is 13.3. The van der Waals surface area contributed by atoms with Crippen molar-refractivity contribution in [2.45, 2.75) is 37.4 Å². The van der Waals surface area contributed by atoms with Crippen molar-refractivity contribution >= 4 is 27.5 Å². The van der Waals surface area contributed by atoms with E-state index < -0.39 is 0 Å². The molecule has 1 aromatic carbocycles. The lowest BCUT2D eigenvalue weighted by Gasteiger charge is -2.19. The highest BCUT2D eigenvalue weighted by atomic mass is 79.9. The summed E-state index contributed by atoms with van der Waals surface area (Å²) in [5, 5.41) is 0.539. The van der Waals surface area contributed by atoms with Gasteiger partial charge in [-0.15, -0.1) is 0 Å². The fourth-order valence-electron chi connectivity index (χ4n) is 2.39. The van der Waals surface area contributed by atoms with Crippen molar-refractivity contribution in [2.75, 3.05) is 0 Å². The Bertz CT molecular complexity index is 386. The van der Waals surface area contributed by atoms with Crippen LogP contribution < -0.4 is 0 Å². The highest BCUT2D eigenvalue weighted by Crippen LogP contribution is 2.43. The Labute approximate surface area is 109 Å². The van der Waals surface area contributed by atoms with Crippen LogP contribution in [0.5, 0.6) is 0 Å². The number of halogens is 3. The van der Waals surface area contributed by atoms with Crippen molar-refractivity contribution in [3.63, 3.8) is 0 Å². The van der Waals surface area contributed by atoms with Crippen molar-refractivity contribution in [1.82, 2.24) is 0 Å². The number of rotatable bonds is 2. The molecular formula is C13H15BrClF. The van der Waals surface area contributed by atoms with Crippen molar-refractivity contribution < 1.29 is 4.39 Å². The smallest absolute Gasteiger partial charge is 0.127 e. The molecule has 0 aromatic heterocycles. The number of hydrogen-bond acceptors (Lipinski definition) is 0. The second-order valence-corrected chi connectivity index (χ2v) is 5.96. The Morgan fingerprint density at radius 1 is 1.38 bits per heavy atom. The quantitative estimate of drug-likeness (QED) is 0.641. The zero-order valence-electron chi connectivity index (χ0n) is 9.27. The molecule has 0 bridgehead atoms. The number of hydrogen-bond donors (Lipinski definition) is 0. The van der Waals surface area contributed by atoms with E-state index in [-0.39, 0.29) is 10.6 Å². The van der Waals surface area contributed by atoms with Gasteiger partial charge in [0, 0.05) is 9.85 Å². The number of alkyl halides is 1. The van der Waals surface area contributed by atoms with Crippen LogP contribution in [0, 0.1) is 18.7 Å². The highest BCUT2D eigenvalue weighted by Gasteiger charge is 2.26. The SMILES string of the molecule is Cc1cc(C(Br)C2CCCC2)c(Cl)cc1F. The summed E-state index contributed by atoms with van der Waals surface area (Å²) in [6.07, 6.45) is 5.07. The molecule has 1 aliphatic carbocycles. The van der Waals surface area contributed by atoms with Gasteiger partial charge < -0.3 is 0 Å². The minimum atomic E-state index is -0.222. The zero-order valence-corrected chi connectivity index (χ0v) is 11.6. The molecule has 1 aliphatic rings. The summed E-state index contributed by atoms with van der Waals surface area (Å²) < 4.78 is 13.3.